The first-order valence-electron chi connectivity index (χ1n) is 11.7. The monoisotopic (exact) mass is 464 g/mol. The average Bonchev–Trinajstić information content (AvgIpc) is 3.41. The number of fused-ring (bicyclic) bond motifs is 1. The number of hydrogen-bond donors (Lipinski definition) is 2. The normalized spacial score (nSPS) is 18.9. The van der Waals surface area contributed by atoms with Crippen LogP contribution in [0.2, 0.25) is 5.02 Å². The summed E-state index contributed by atoms with van der Waals surface area (Å²) in [6.07, 6.45) is 10.7. The highest BCUT2D eigenvalue weighted by atomic mass is 35.5. The van der Waals surface area contributed by atoms with E-state index in [-0.39, 0.29) is 0 Å². The largest absolute Gasteiger partial charge is 0.381 e. The molecule has 2 aliphatic rings. The van der Waals surface area contributed by atoms with Crippen LogP contribution < -0.4 is 10.6 Å². The molecule has 5 rings (SSSR count). The van der Waals surface area contributed by atoms with Crippen LogP contribution >= 0.6 is 11.6 Å². The summed E-state index contributed by atoms with van der Waals surface area (Å²) in [7, 11) is 2.20. The summed E-state index contributed by atoms with van der Waals surface area (Å²) in [4.78, 5) is 6.87. The maximum Gasteiger partial charge on any atom is 0.103 e. The molecule has 0 amide bonds. The highest BCUT2D eigenvalue weighted by molar-refractivity contribution is 6.35. The molecule has 172 valence electrons. The molecule has 0 radical (unpaired) electrons. The molecule has 0 bridgehead atoms. The second-order valence-corrected chi connectivity index (χ2v) is 9.58. The van der Waals surface area contributed by atoms with Crippen molar-refractivity contribution in [2.24, 2.45) is 0 Å². The summed E-state index contributed by atoms with van der Waals surface area (Å²) in [6, 6.07) is 7.19. The third kappa shape index (κ3) is 4.75. The smallest absolute Gasteiger partial charge is 0.103 e. The molecule has 2 N–H and O–H groups in total. The number of halogens is 1. The molecule has 1 aromatic carbocycles. The van der Waals surface area contributed by atoms with Crippen molar-refractivity contribution in [3.8, 4) is 6.07 Å². The van der Waals surface area contributed by atoms with Gasteiger partial charge in [0.1, 0.15) is 11.8 Å². The van der Waals surface area contributed by atoms with E-state index in [9.17, 15) is 5.26 Å². The lowest BCUT2D eigenvalue weighted by Gasteiger charge is -2.28. The third-order valence-electron chi connectivity index (χ3n) is 6.92. The molecule has 3 heterocycles. The van der Waals surface area contributed by atoms with Crippen molar-refractivity contribution in [3.05, 3.63) is 40.8 Å². The Hall–Kier alpha value is -2.89. The molecule has 0 spiro atoms. The van der Waals surface area contributed by atoms with Gasteiger partial charge >= 0.3 is 0 Å². The molecule has 1 atom stereocenters. The van der Waals surface area contributed by atoms with E-state index in [4.69, 9.17) is 11.6 Å². The number of anilines is 2. The predicted octanol–water partition coefficient (Wildman–Crippen LogP) is 4.41. The van der Waals surface area contributed by atoms with Crippen LogP contribution in [0.1, 0.15) is 49.8 Å². The Morgan fingerprint density at radius 3 is 2.85 bits per heavy atom. The number of hydrogen-bond acceptors (Lipinski definition) is 7. The van der Waals surface area contributed by atoms with Gasteiger partial charge in [-0.05, 0) is 64.3 Å². The van der Waals surface area contributed by atoms with Crippen molar-refractivity contribution in [1.29, 1.82) is 5.26 Å². The number of aryl methyl sites for hydroxylation is 1. The third-order valence-corrected chi connectivity index (χ3v) is 7.21. The lowest BCUT2D eigenvalue weighted by Crippen LogP contribution is -2.27. The molecule has 3 aromatic rings. The first-order valence-corrected chi connectivity index (χ1v) is 12.1. The summed E-state index contributed by atoms with van der Waals surface area (Å²) in [5.74, 6) is 0. The number of benzene rings is 1. The van der Waals surface area contributed by atoms with Crippen LogP contribution in [0.5, 0.6) is 0 Å². The molecule has 1 aliphatic heterocycles. The minimum atomic E-state index is 0.400. The first kappa shape index (κ1) is 21.9. The van der Waals surface area contributed by atoms with Crippen LogP contribution in [0.15, 0.2) is 24.5 Å². The maximum absolute atomic E-state index is 9.60. The van der Waals surface area contributed by atoms with Gasteiger partial charge in [-0.1, -0.05) is 16.8 Å². The zero-order valence-electron chi connectivity index (χ0n) is 18.9. The Morgan fingerprint density at radius 2 is 2.12 bits per heavy atom. The van der Waals surface area contributed by atoms with Gasteiger partial charge < -0.3 is 15.5 Å². The van der Waals surface area contributed by atoms with Crippen LogP contribution in [0, 0.1) is 11.3 Å². The Bertz CT molecular complexity index is 1180. The topological polar surface area (TPSA) is 94.7 Å². The van der Waals surface area contributed by atoms with E-state index in [0.717, 1.165) is 48.3 Å². The molecular formula is C24H29ClN8. The number of pyridine rings is 1. The van der Waals surface area contributed by atoms with Crippen molar-refractivity contribution in [2.75, 3.05) is 24.2 Å². The maximum atomic E-state index is 9.60. The van der Waals surface area contributed by atoms with Crippen molar-refractivity contribution in [2.45, 2.75) is 63.7 Å². The predicted molar refractivity (Wildman–Crippen MR) is 130 cm³/mol. The molecule has 1 saturated carbocycles. The van der Waals surface area contributed by atoms with Gasteiger partial charge in [0.05, 0.1) is 34.5 Å². The average molecular weight is 465 g/mol. The van der Waals surface area contributed by atoms with E-state index in [1.165, 1.54) is 25.8 Å². The fraction of sp³-hybridized carbons (Fsp3) is 0.500. The van der Waals surface area contributed by atoms with Crippen LogP contribution in [-0.2, 0) is 13.1 Å². The van der Waals surface area contributed by atoms with Gasteiger partial charge in [0, 0.05) is 35.9 Å². The summed E-state index contributed by atoms with van der Waals surface area (Å²) in [5.41, 5.74) is 3.80. The van der Waals surface area contributed by atoms with E-state index in [0.29, 0.717) is 34.7 Å². The number of nitrogens with zero attached hydrogens (tertiary/aromatic N) is 6. The Balaban J connectivity index is 1.29. The quantitative estimate of drug-likeness (QED) is 0.509. The summed E-state index contributed by atoms with van der Waals surface area (Å²) in [6.45, 7) is 2.61. The Morgan fingerprint density at radius 1 is 1.24 bits per heavy atom. The minimum absolute atomic E-state index is 0.400. The number of nitriles is 1. The number of rotatable bonds is 8. The first-order chi connectivity index (χ1) is 16.1. The summed E-state index contributed by atoms with van der Waals surface area (Å²) < 4.78 is 1.93. The standard InChI is InChI=1S/C24H29ClN8/c1-32-8-3-6-20(32)7-9-33-15-19(30-31-33)14-27-18-10-21-23(29-17-4-2-5-17)16(12-26)13-28-24(21)22(25)11-18/h10-11,13,15,17,20,27H,2-9,14H2,1H3,(H,28,29). The molecule has 2 fully saturated rings. The van der Waals surface area contributed by atoms with Crippen LogP contribution in [0.4, 0.5) is 11.4 Å². The van der Waals surface area contributed by atoms with Gasteiger partial charge in [-0.25, -0.2) is 0 Å². The fourth-order valence-electron chi connectivity index (χ4n) is 4.71. The van der Waals surface area contributed by atoms with E-state index in [1.807, 2.05) is 23.0 Å². The Labute approximate surface area is 198 Å². The molecule has 2 aromatic heterocycles. The molecule has 1 aliphatic carbocycles. The molecule has 1 saturated heterocycles. The van der Waals surface area contributed by atoms with Crippen LogP contribution in [-0.4, -0.2) is 50.6 Å². The van der Waals surface area contributed by atoms with Crippen molar-refractivity contribution in [3.63, 3.8) is 0 Å². The SMILES string of the molecule is CN1CCCC1CCn1cc(CNc2cc(Cl)c3ncc(C#N)c(NC4CCC4)c3c2)nn1. The zero-order valence-corrected chi connectivity index (χ0v) is 19.6. The van der Waals surface area contributed by atoms with E-state index in [1.54, 1.807) is 6.20 Å². The van der Waals surface area contributed by atoms with Gasteiger partial charge in [-0.2, -0.15) is 5.26 Å². The number of nitrogens with one attached hydrogen (secondary N) is 2. The summed E-state index contributed by atoms with van der Waals surface area (Å²) in [5, 5.41) is 26.6. The lowest BCUT2D eigenvalue weighted by atomic mass is 9.92. The molecule has 33 heavy (non-hydrogen) atoms. The van der Waals surface area contributed by atoms with Crippen molar-refractivity contribution >= 4 is 33.9 Å². The Kier molecular flexibility index (Phi) is 6.34. The fourth-order valence-corrected chi connectivity index (χ4v) is 4.97. The minimum Gasteiger partial charge on any atom is -0.381 e. The lowest BCUT2D eigenvalue weighted by molar-refractivity contribution is 0.282. The number of likely N-dealkylation sites (tertiary alicyclic amines) is 1. The molecule has 8 nitrogen and oxygen atoms in total. The molecular weight excluding hydrogens is 436 g/mol. The van der Waals surface area contributed by atoms with E-state index in [2.05, 4.69) is 43.9 Å². The van der Waals surface area contributed by atoms with Gasteiger partial charge in [0.2, 0.25) is 0 Å². The van der Waals surface area contributed by atoms with Crippen molar-refractivity contribution in [1.82, 2.24) is 24.9 Å². The van der Waals surface area contributed by atoms with E-state index < -0.39 is 0 Å². The van der Waals surface area contributed by atoms with Gasteiger partial charge in [0.15, 0.2) is 0 Å². The van der Waals surface area contributed by atoms with E-state index >= 15 is 0 Å². The van der Waals surface area contributed by atoms with Crippen LogP contribution in [0.3, 0.4) is 0 Å². The highest BCUT2D eigenvalue weighted by Gasteiger charge is 2.22. The molecule has 1 unspecified atom stereocenters. The van der Waals surface area contributed by atoms with Gasteiger partial charge in [-0.15, -0.1) is 5.10 Å². The number of aromatic nitrogens is 4. The highest BCUT2D eigenvalue weighted by Crippen LogP contribution is 2.35. The van der Waals surface area contributed by atoms with Gasteiger partial charge in [-0.3, -0.25) is 9.67 Å². The second-order valence-electron chi connectivity index (χ2n) is 9.18. The molecule has 9 heteroatoms. The zero-order chi connectivity index (χ0) is 22.8. The second kappa shape index (κ2) is 9.54. The van der Waals surface area contributed by atoms with Crippen molar-refractivity contribution < 1.29 is 0 Å². The van der Waals surface area contributed by atoms with Gasteiger partial charge in [0.25, 0.3) is 0 Å². The van der Waals surface area contributed by atoms with Crippen LogP contribution in [0.25, 0.3) is 10.9 Å². The summed E-state index contributed by atoms with van der Waals surface area (Å²) >= 11 is 6.57.